The van der Waals surface area contributed by atoms with Gasteiger partial charge in [0.05, 0.1) is 7.11 Å². The highest BCUT2D eigenvalue weighted by Gasteiger charge is 2.27. The van der Waals surface area contributed by atoms with Crippen molar-refractivity contribution in [1.82, 2.24) is 20.2 Å². The first kappa shape index (κ1) is 18.5. The summed E-state index contributed by atoms with van der Waals surface area (Å²) in [6, 6.07) is 15.1. The molecule has 4 aromatic rings. The molecular formula is C22H19N5O2S. The van der Waals surface area contributed by atoms with Crippen molar-refractivity contribution < 1.29 is 9.53 Å². The van der Waals surface area contributed by atoms with E-state index in [2.05, 4.69) is 25.5 Å². The molecule has 1 saturated carbocycles. The molecule has 2 N–H and O–H groups in total. The molecule has 1 amide bonds. The molecule has 1 fully saturated rings. The lowest BCUT2D eigenvalue weighted by Crippen LogP contribution is -2.12. The third-order valence-electron chi connectivity index (χ3n) is 4.92. The number of aromatic amines is 1. The number of benzene rings is 2. The summed E-state index contributed by atoms with van der Waals surface area (Å²) in [6.07, 6.45) is 2.33. The van der Waals surface area contributed by atoms with Crippen molar-refractivity contribution in [2.24, 2.45) is 0 Å². The highest BCUT2D eigenvalue weighted by Crippen LogP contribution is 2.38. The maximum absolute atomic E-state index is 12.7. The molecule has 0 spiro atoms. The summed E-state index contributed by atoms with van der Waals surface area (Å²) in [5.74, 6) is 2.62. The molecule has 150 valence electrons. The maximum Gasteiger partial charge on any atom is 0.275 e. The molecule has 0 bridgehead atoms. The van der Waals surface area contributed by atoms with Crippen LogP contribution in [-0.4, -0.2) is 33.2 Å². The van der Waals surface area contributed by atoms with Crippen molar-refractivity contribution in [3.05, 3.63) is 65.4 Å². The quantitative estimate of drug-likeness (QED) is 0.473. The number of hydrogen-bond acceptors (Lipinski definition) is 6. The van der Waals surface area contributed by atoms with Gasteiger partial charge in [0, 0.05) is 28.1 Å². The first-order valence-electron chi connectivity index (χ1n) is 9.63. The molecule has 8 heteroatoms. The van der Waals surface area contributed by atoms with E-state index in [1.807, 2.05) is 48.5 Å². The normalized spacial score (nSPS) is 13.2. The predicted molar refractivity (Wildman–Crippen MR) is 116 cm³/mol. The predicted octanol–water partition coefficient (Wildman–Crippen LogP) is 4.73. The van der Waals surface area contributed by atoms with E-state index in [1.54, 1.807) is 12.5 Å². The van der Waals surface area contributed by atoms with Crippen molar-refractivity contribution in [3.63, 3.8) is 0 Å². The number of nitrogens with zero attached hydrogens (tertiary/aromatic N) is 3. The second-order valence-electron chi connectivity index (χ2n) is 7.12. The first-order valence-corrected chi connectivity index (χ1v) is 10.5. The number of carbonyl (C=O) groups excluding carboxylic acids is 1. The van der Waals surface area contributed by atoms with E-state index in [1.165, 1.54) is 11.3 Å². The van der Waals surface area contributed by atoms with Crippen LogP contribution in [0.1, 0.15) is 35.1 Å². The smallest absolute Gasteiger partial charge is 0.275 e. The molecule has 2 aromatic heterocycles. The van der Waals surface area contributed by atoms with Crippen LogP contribution in [0.3, 0.4) is 0 Å². The van der Waals surface area contributed by atoms with E-state index >= 15 is 0 Å². The number of thiazole rings is 1. The fraction of sp³-hybridized carbons (Fsp3) is 0.182. The highest BCUT2D eigenvalue weighted by atomic mass is 32.1. The van der Waals surface area contributed by atoms with E-state index in [0.717, 1.165) is 40.6 Å². The number of amides is 1. The lowest BCUT2D eigenvalue weighted by Gasteiger charge is -2.04. The van der Waals surface area contributed by atoms with Gasteiger partial charge in [0.1, 0.15) is 22.3 Å². The summed E-state index contributed by atoms with van der Waals surface area (Å²) in [4.78, 5) is 21.7. The Kier molecular flexibility index (Phi) is 4.76. The number of aromatic nitrogens is 4. The second-order valence-corrected chi connectivity index (χ2v) is 7.98. The zero-order chi connectivity index (χ0) is 20.5. The van der Waals surface area contributed by atoms with Crippen LogP contribution >= 0.6 is 11.3 Å². The van der Waals surface area contributed by atoms with Crippen LogP contribution in [0.2, 0.25) is 0 Å². The van der Waals surface area contributed by atoms with Crippen molar-refractivity contribution in [3.8, 4) is 27.7 Å². The van der Waals surface area contributed by atoms with Gasteiger partial charge < -0.3 is 10.1 Å². The van der Waals surface area contributed by atoms with Gasteiger partial charge in [-0.3, -0.25) is 9.89 Å². The molecule has 5 rings (SSSR count). The van der Waals surface area contributed by atoms with E-state index in [4.69, 9.17) is 4.74 Å². The largest absolute Gasteiger partial charge is 0.497 e. The lowest BCUT2D eigenvalue weighted by atomic mass is 10.2. The summed E-state index contributed by atoms with van der Waals surface area (Å²) >= 11 is 1.43. The Labute approximate surface area is 177 Å². The number of hydrogen-bond donors (Lipinski definition) is 2. The van der Waals surface area contributed by atoms with E-state index in [9.17, 15) is 4.79 Å². The number of ether oxygens (including phenoxy) is 1. The summed E-state index contributed by atoms with van der Waals surface area (Å²) in [5.41, 5.74) is 2.85. The Morgan fingerprint density at radius 1 is 1.13 bits per heavy atom. The average molecular weight is 417 g/mol. The topological polar surface area (TPSA) is 92.8 Å². The average Bonchev–Trinajstić information content (AvgIpc) is 3.30. The lowest BCUT2D eigenvalue weighted by molar-refractivity contribution is 0.102. The first-order chi connectivity index (χ1) is 14.7. The van der Waals surface area contributed by atoms with Crippen LogP contribution in [0.4, 0.5) is 5.69 Å². The summed E-state index contributed by atoms with van der Waals surface area (Å²) in [5, 5.41) is 12.8. The molecule has 30 heavy (non-hydrogen) atoms. The monoisotopic (exact) mass is 417 g/mol. The second kappa shape index (κ2) is 7.72. The summed E-state index contributed by atoms with van der Waals surface area (Å²) in [6.45, 7) is 0. The number of H-pyrrole nitrogens is 1. The van der Waals surface area contributed by atoms with Gasteiger partial charge >= 0.3 is 0 Å². The SMILES string of the molecule is COc1ccc(-c2nc(C(=O)Nc3cccc(-c4n[nH]c(C5CC5)n4)c3)cs2)cc1. The number of anilines is 1. The van der Waals surface area contributed by atoms with Gasteiger partial charge in [-0.2, -0.15) is 5.10 Å². The molecule has 2 aromatic carbocycles. The fourth-order valence-electron chi connectivity index (χ4n) is 3.12. The molecule has 1 aliphatic rings. The molecule has 0 aliphatic heterocycles. The number of methoxy groups -OCH3 is 1. The number of rotatable bonds is 6. The minimum Gasteiger partial charge on any atom is -0.497 e. The molecule has 0 unspecified atom stereocenters. The summed E-state index contributed by atoms with van der Waals surface area (Å²) < 4.78 is 5.18. The molecule has 0 saturated heterocycles. The maximum atomic E-state index is 12.7. The molecule has 7 nitrogen and oxygen atoms in total. The zero-order valence-electron chi connectivity index (χ0n) is 16.3. The van der Waals surface area contributed by atoms with E-state index in [0.29, 0.717) is 23.1 Å². The van der Waals surface area contributed by atoms with E-state index < -0.39 is 0 Å². The molecular weight excluding hydrogens is 398 g/mol. The van der Waals surface area contributed by atoms with Gasteiger partial charge in [-0.1, -0.05) is 12.1 Å². The fourth-order valence-corrected chi connectivity index (χ4v) is 3.92. The van der Waals surface area contributed by atoms with Gasteiger partial charge in [-0.15, -0.1) is 11.3 Å². The van der Waals surface area contributed by atoms with E-state index in [-0.39, 0.29) is 5.91 Å². The van der Waals surface area contributed by atoms with Crippen LogP contribution in [0, 0.1) is 0 Å². The third kappa shape index (κ3) is 3.81. The standard InChI is InChI=1S/C22H19N5O2S/c1-29-17-9-7-14(8-10-17)22-24-18(12-30-22)21(28)23-16-4-2-3-15(11-16)20-25-19(26-27-20)13-5-6-13/h2-4,7-13H,5-6H2,1H3,(H,23,28)(H,25,26,27). The van der Waals surface area contributed by atoms with Crippen LogP contribution in [0.15, 0.2) is 53.9 Å². The van der Waals surface area contributed by atoms with Gasteiger partial charge in [-0.05, 0) is 49.2 Å². The third-order valence-corrected chi connectivity index (χ3v) is 5.81. The number of nitrogens with one attached hydrogen (secondary N) is 2. The molecule has 2 heterocycles. The van der Waals surface area contributed by atoms with Gasteiger partial charge in [0.25, 0.3) is 5.91 Å². The van der Waals surface area contributed by atoms with Crippen LogP contribution in [-0.2, 0) is 0 Å². The van der Waals surface area contributed by atoms with Crippen LogP contribution in [0.5, 0.6) is 5.75 Å². The van der Waals surface area contributed by atoms with Crippen molar-refractivity contribution in [1.29, 1.82) is 0 Å². The van der Waals surface area contributed by atoms with Crippen LogP contribution in [0.25, 0.3) is 22.0 Å². The van der Waals surface area contributed by atoms with Gasteiger partial charge in [0.15, 0.2) is 5.82 Å². The Hall–Kier alpha value is -3.52. The van der Waals surface area contributed by atoms with Gasteiger partial charge in [-0.25, -0.2) is 9.97 Å². The molecule has 0 radical (unpaired) electrons. The van der Waals surface area contributed by atoms with Crippen molar-refractivity contribution in [2.75, 3.05) is 12.4 Å². The Balaban J connectivity index is 1.31. The zero-order valence-corrected chi connectivity index (χ0v) is 17.1. The Bertz CT molecular complexity index is 1190. The molecule has 0 atom stereocenters. The highest BCUT2D eigenvalue weighted by molar-refractivity contribution is 7.13. The van der Waals surface area contributed by atoms with Gasteiger partial charge in [0.2, 0.25) is 0 Å². The van der Waals surface area contributed by atoms with Crippen LogP contribution < -0.4 is 10.1 Å². The Morgan fingerprint density at radius 3 is 2.73 bits per heavy atom. The molecule has 1 aliphatic carbocycles. The van der Waals surface area contributed by atoms with Crippen molar-refractivity contribution >= 4 is 22.9 Å². The summed E-state index contributed by atoms with van der Waals surface area (Å²) in [7, 11) is 1.63. The van der Waals surface area contributed by atoms with Crippen molar-refractivity contribution in [2.45, 2.75) is 18.8 Å². The minimum atomic E-state index is -0.253. The Morgan fingerprint density at radius 2 is 1.97 bits per heavy atom. The number of carbonyl (C=O) groups is 1. The minimum absolute atomic E-state index is 0.253.